The molecule has 1 aromatic heterocycles. The molecule has 13 heteroatoms. The molecular formula is C25H26ClN5O7. The molecule has 0 aliphatic carbocycles. The standard InChI is InChI=1S/C25H26ClN5O7/c1-3-19(13-4-6-17(23(33)34)18(27)10-13)28-24(35)31-12-21-29-38-25(36)30(21)11-15(22(31)32)8-14-9-16(26)5-7-20(14)37-2/h4-7,9-10,15,19H,3,8,11-12,27H2,1-2H3,(H,28,35)(H,33,34)/t15-,19+/m0/s1. The number of carboxylic acid groups (broad SMARTS) is 1. The molecule has 2 atom stereocenters. The van der Waals surface area contributed by atoms with E-state index in [-0.39, 0.29) is 36.6 Å². The number of ether oxygens (including phenoxy) is 1. The number of urea groups is 1. The van der Waals surface area contributed by atoms with E-state index in [9.17, 15) is 24.3 Å². The first kappa shape index (κ1) is 26.7. The third-order valence-electron chi connectivity index (χ3n) is 6.45. The predicted octanol–water partition coefficient (Wildman–Crippen LogP) is 2.84. The van der Waals surface area contributed by atoms with Gasteiger partial charge in [0.2, 0.25) is 5.91 Å². The molecule has 4 N–H and O–H groups in total. The number of imide groups is 1. The van der Waals surface area contributed by atoms with Crippen LogP contribution >= 0.6 is 11.6 Å². The van der Waals surface area contributed by atoms with Gasteiger partial charge in [-0.15, -0.1) is 0 Å². The van der Waals surface area contributed by atoms with Gasteiger partial charge in [0.15, 0.2) is 5.82 Å². The Kier molecular flexibility index (Phi) is 7.72. The molecule has 0 bridgehead atoms. The maximum Gasteiger partial charge on any atom is 0.441 e. The maximum absolute atomic E-state index is 13.7. The Bertz CT molecular complexity index is 1450. The Morgan fingerprint density at radius 3 is 2.71 bits per heavy atom. The van der Waals surface area contributed by atoms with Crippen molar-refractivity contribution in [2.24, 2.45) is 5.92 Å². The number of carboxylic acids is 1. The number of carbonyl (C=O) groups is 3. The summed E-state index contributed by atoms with van der Waals surface area (Å²) in [5.41, 5.74) is 7.09. The van der Waals surface area contributed by atoms with Gasteiger partial charge in [-0.3, -0.25) is 18.8 Å². The zero-order valence-electron chi connectivity index (χ0n) is 20.6. The van der Waals surface area contributed by atoms with Crippen LogP contribution in [-0.4, -0.2) is 44.7 Å². The van der Waals surface area contributed by atoms with E-state index in [1.165, 1.54) is 23.8 Å². The molecule has 1 aliphatic rings. The van der Waals surface area contributed by atoms with E-state index in [0.29, 0.717) is 28.3 Å². The van der Waals surface area contributed by atoms with Gasteiger partial charge < -0.3 is 20.9 Å². The van der Waals surface area contributed by atoms with E-state index in [0.717, 1.165) is 4.90 Å². The number of methoxy groups -OCH3 is 1. The Hall–Kier alpha value is -4.32. The van der Waals surface area contributed by atoms with Crippen molar-refractivity contribution in [1.82, 2.24) is 19.9 Å². The molecule has 2 heterocycles. The maximum atomic E-state index is 13.7. The number of carbonyl (C=O) groups excluding carboxylic acids is 2. The molecule has 0 saturated heterocycles. The first-order valence-corrected chi connectivity index (χ1v) is 12.1. The highest BCUT2D eigenvalue weighted by atomic mass is 35.5. The summed E-state index contributed by atoms with van der Waals surface area (Å²) in [6.07, 6.45) is 0.561. The SMILES string of the molecule is CC[C@@H](NC(=O)N1Cc2noc(=O)n2C[C@H](Cc2cc(Cl)ccc2OC)C1=O)c1ccc(C(=O)O)c(N)c1. The van der Waals surface area contributed by atoms with Gasteiger partial charge in [0.1, 0.15) is 5.75 Å². The fraction of sp³-hybridized carbons (Fsp3) is 0.320. The van der Waals surface area contributed by atoms with Crippen LogP contribution in [0, 0.1) is 5.92 Å². The molecule has 4 rings (SSSR count). The average Bonchev–Trinajstić information content (AvgIpc) is 3.15. The van der Waals surface area contributed by atoms with Gasteiger partial charge in [0.25, 0.3) is 0 Å². The Morgan fingerprint density at radius 2 is 2.05 bits per heavy atom. The van der Waals surface area contributed by atoms with Crippen molar-refractivity contribution >= 4 is 35.2 Å². The first-order valence-electron chi connectivity index (χ1n) is 11.7. The molecule has 200 valence electrons. The first-order chi connectivity index (χ1) is 18.1. The number of nitrogens with one attached hydrogen (secondary N) is 1. The largest absolute Gasteiger partial charge is 0.496 e. The lowest BCUT2D eigenvalue weighted by Gasteiger charge is -2.26. The fourth-order valence-electron chi connectivity index (χ4n) is 4.46. The minimum atomic E-state index is -1.16. The summed E-state index contributed by atoms with van der Waals surface area (Å²) in [6.45, 7) is 1.48. The molecule has 1 aliphatic heterocycles. The third kappa shape index (κ3) is 5.35. The molecule has 0 unspecified atom stereocenters. The van der Waals surface area contributed by atoms with Crippen molar-refractivity contribution in [3.8, 4) is 5.75 Å². The summed E-state index contributed by atoms with van der Waals surface area (Å²) in [5.74, 6) is -2.63. The number of hydrogen-bond acceptors (Lipinski definition) is 8. The number of aromatic nitrogens is 2. The van der Waals surface area contributed by atoms with Crippen LogP contribution < -0.4 is 21.5 Å². The fourth-order valence-corrected chi connectivity index (χ4v) is 4.66. The van der Waals surface area contributed by atoms with Gasteiger partial charge in [-0.1, -0.05) is 29.7 Å². The molecule has 0 spiro atoms. The number of aromatic carboxylic acids is 1. The third-order valence-corrected chi connectivity index (χ3v) is 6.68. The monoisotopic (exact) mass is 543 g/mol. The number of hydrogen-bond donors (Lipinski definition) is 3. The van der Waals surface area contributed by atoms with E-state index >= 15 is 0 Å². The Morgan fingerprint density at radius 1 is 1.29 bits per heavy atom. The van der Waals surface area contributed by atoms with Crippen LogP contribution in [0.5, 0.6) is 5.75 Å². The second-order valence-electron chi connectivity index (χ2n) is 8.82. The summed E-state index contributed by atoms with van der Waals surface area (Å²) in [5, 5.41) is 16.2. The predicted molar refractivity (Wildman–Crippen MR) is 136 cm³/mol. The number of nitrogens with two attached hydrogens (primary N) is 1. The summed E-state index contributed by atoms with van der Waals surface area (Å²) in [7, 11) is 1.49. The normalized spacial score (nSPS) is 15.9. The molecule has 38 heavy (non-hydrogen) atoms. The lowest BCUT2D eigenvalue weighted by atomic mass is 9.97. The highest BCUT2D eigenvalue weighted by molar-refractivity contribution is 6.30. The number of anilines is 1. The number of halogens is 1. The van der Waals surface area contributed by atoms with Crippen LogP contribution in [0.25, 0.3) is 0 Å². The number of nitrogens with zero attached hydrogens (tertiary/aromatic N) is 3. The lowest BCUT2D eigenvalue weighted by molar-refractivity contribution is -0.132. The number of nitrogen functional groups attached to an aromatic ring is 1. The van der Waals surface area contributed by atoms with Crippen molar-refractivity contribution in [2.45, 2.75) is 38.9 Å². The van der Waals surface area contributed by atoms with Crippen LogP contribution in [0.3, 0.4) is 0 Å². The Balaban J connectivity index is 1.64. The van der Waals surface area contributed by atoms with Gasteiger partial charge in [0.05, 0.1) is 31.2 Å². The number of benzene rings is 2. The summed E-state index contributed by atoms with van der Waals surface area (Å²) in [4.78, 5) is 51.7. The van der Waals surface area contributed by atoms with Gasteiger partial charge in [-0.05, 0) is 54.3 Å². The van der Waals surface area contributed by atoms with E-state index in [2.05, 4.69) is 10.5 Å². The summed E-state index contributed by atoms with van der Waals surface area (Å²) in [6, 6.07) is 8.10. The Labute approximate surface area is 221 Å². The van der Waals surface area contributed by atoms with Gasteiger partial charge in [0, 0.05) is 17.3 Å². The van der Waals surface area contributed by atoms with E-state index in [1.807, 2.05) is 6.92 Å². The molecule has 0 fully saturated rings. The molecule has 2 aromatic carbocycles. The molecule has 0 radical (unpaired) electrons. The second-order valence-corrected chi connectivity index (χ2v) is 9.26. The van der Waals surface area contributed by atoms with Crippen LogP contribution in [-0.2, 0) is 24.3 Å². The van der Waals surface area contributed by atoms with Crippen molar-refractivity contribution in [3.63, 3.8) is 0 Å². The zero-order chi connectivity index (χ0) is 27.6. The summed E-state index contributed by atoms with van der Waals surface area (Å²) < 4.78 is 11.4. The van der Waals surface area contributed by atoms with E-state index in [1.54, 1.807) is 24.3 Å². The van der Waals surface area contributed by atoms with Crippen LogP contribution in [0.2, 0.25) is 5.02 Å². The lowest BCUT2D eigenvalue weighted by Crippen LogP contribution is -2.46. The van der Waals surface area contributed by atoms with Crippen LogP contribution in [0.4, 0.5) is 10.5 Å². The molecular weight excluding hydrogens is 518 g/mol. The van der Waals surface area contributed by atoms with Gasteiger partial charge >= 0.3 is 17.8 Å². The van der Waals surface area contributed by atoms with Crippen molar-refractivity contribution in [1.29, 1.82) is 0 Å². The van der Waals surface area contributed by atoms with E-state index in [4.69, 9.17) is 26.6 Å². The minimum absolute atomic E-state index is 0.0516. The number of amides is 3. The van der Waals surface area contributed by atoms with Crippen LogP contribution in [0.1, 0.15) is 46.7 Å². The quantitative estimate of drug-likeness (QED) is 0.379. The van der Waals surface area contributed by atoms with Crippen molar-refractivity contribution in [2.75, 3.05) is 12.8 Å². The zero-order valence-corrected chi connectivity index (χ0v) is 21.4. The van der Waals surface area contributed by atoms with E-state index < -0.39 is 35.6 Å². The smallest absolute Gasteiger partial charge is 0.441 e. The highest BCUT2D eigenvalue weighted by Crippen LogP contribution is 2.28. The highest BCUT2D eigenvalue weighted by Gasteiger charge is 2.36. The average molecular weight is 544 g/mol. The van der Waals surface area contributed by atoms with Crippen molar-refractivity contribution < 1.29 is 28.8 Å². The molecule has 0 saturated carbocycles. The molecule has 12 nitrogen and oxygen atoms in total. The second kappa shape index (κ2) is 11.0. The molecule has 3 aromatic rings. The van der Waals surface area contributed by atoms with Crippen molar-refractivity contribution in [3.05, 3.63) is 74.5 Å². The minimum Gasteiger partial charge on any atom is -0.496 e. The number of rotatable bonds is 7. The summed E-state index contributed by atoms with van der Waals surface area (Å²) >= 11 is 6.16. The molecule has 3 amide bonds. The topological polar surface area (TPSA) is 170 Å². The van der Waals surface area contributed by atoms with Gasteiger partial charge in [-0.25, -0.2) is 14.4 Å². The number of fused-ring (bicyclic) bond motifs is 1. The van der Waals surface area contributed by atoms with Gasteiger partial charge in [-0.2, -0.15) is 0 Å². The van der Waals surface area contributed by atoms with Crippen LogP contribution in [0.15, 0.2) is 45.7 Å².